The highest BCUT2D eigenvalue weighted by Crippen LogP contribution is 2.61. The molecule has 0 saturated heterocycles. The zero-order valence-corrected chi connectivity index (χ0v) is 9.69. The summed E-state index contributed by atoms with van der Waals surface area (Å²) in [5, 5.41) is 0. The van der Waals surface area contributed by atoms with E-state index in [1.165, 1.54) is 16.7 Å². The predicted molar refractivity (Wildman–Crippen MR) is 61.2 cm³/mol. The van der Waals surface area contributed by atoms with Crippen LogP contribution in [0.25, 0.3) is 0 Å². The maximum atomic E-state index is 11.7. The first-order chi connectivity index (χ1) is 7.72. The maximum Gasteiger partial charge on any atom is 0.309 e. The smallest absolute Gasteiger partial charge is 0.309 e. The molecular weight excluding hydrogens is 200 g/mol. The van der Waals surface area contributed by atoms with Crippen molar-refractivity contribution in [2.75, 3.05) is 6.61 Å². The van der Waals surface area contributed by atoms with Crippen LogP contribution < -0.4 is 0 Å². The number of aryl methyl sites for hydroxylation is 1. The molecule has 84 valence electrons. The van der Waals surface area contributed by atoms with Crippen molar-refractivity contribution in [1.82, 2.24) is 0 Å². The largest absolute Gasteiger partial charge is 0.466 e. The van der Waals surface area contributed by atoms with Crippen molar-refractivity contribution in [2.24, 2.45) is 11.8 Å². The van der Waals surface area contributed by atoms with Crippen molar-refractivity contribution in [3.8, 4) is 0 Å². The van der Waals surface area contributed by atoms with E-state index in [-0.39, 0.29) is 11.9 Å². The number of benzene rings is 1. The van der Waals surface area contributed by atoms with Crippen LogP contribution in [0.3, 0.4) is 0 Å². The lowest BCUT2D eigenvalue weighted by atomic mass is 10.0. The quantitative estimate of drug-likeness (QED) is 0.710. The van der Waals surface area contributed by atoms with Crippen LogP contribution in [-0.2, 0) is 16.0 Å². The van der Waals surface area contributed by atoms with E-state index in [4.69, 9.17) is 4.74 Å². The summed E-state index contributed by atoms with van der Waals surface area (Å²) in [6, 6.07) is 6.60. The molecular formula is C14H16O2. The lowest BCUT2D eigenvalue weighted by Gasteiger charge is -2.07. The first-order valence-corrected chi connectivity index (χ1v) is 5.98. The molecule has 3 atom stereocenters. The van der Waals surface area contributed by atoms with Gasteiger partial charge < -0.3 is 4.74 Å². The fourth-order valence-electron chi connectivity index (χ4n) is 3.08. The third kappa shape index (κ3) is 1.29. The van der Waals surface area contributed by atoms with Crippen LogP contribution in [0.15, 0.2) is 18.2 Å². The van der Waals surface area contributed by atoms with E-state index in [1.807, 2.05) is 6.92 Å². The second-order valence-corrected chi connectivity index (χ2v) is 4.87. The molecule has 0 spiro atoms. The molecule has 1 fully saturated rings. The van der Waals surface area contributed by atoms with Crippen LogP contribution in [-0.4, -0.2) is 12.6 Å². The Hall–Kier alpha value is -1.31. The Bertz CT molecular complexity index is 450. The van der Waals surface area contributed by atoms with Gasteiger partial charge in [-0.1, -0.05) is 23.8 Å². The molecule has 0 bridgehead atoms. The van der Waals surface area contributed by atoms with Gasteiger partial charge in [-0.15, -0.1) is 0 Å². The van der Waals surface area contributed by atoms with Gasteiger partial charge >= 0.3 is 5.97 Å². The average molecular weight is 216 g/mol. The molecule has 0 aliphatic heterocycles. The van der Waals surface area contributed by atoms with E-state index in [0.29, 0.717) is 18.4 Å². The molecule has 0 radical (unpaired) electrons. The standard InChI is InChI=1S/C14H16O2/c1-3-16-14(15)13-11-7-9-5-4-8(2)6-10(9)12(11)13/h4-6,11-13H,3,7H2,1-2H3. The highest BCUT2D eigenvalue weighted by atomic mass is 16.5. The van der Waals surface area contributed by atoms with E-state index in [9.17, 15) is 4.79 Å². The molecule has 0 N–H and O–H groups in total. The van der Waals surface area contributed by atoms with Crippen molar-refractivity contribution < 1.29 is 9.53 Å². The molecule has 0 aromatic heterocycles. The van der Waals surface area contributed by atoms with Gasteiger partial charge in [-0.25, -0.2) is 0 Å². The van der Waals surface area contributed by atoms with Crippen molar-refractivity contribution in [1.29, 1.82) is 0 Å². The Kier molecular flexibility index (Phi) is 2.06. The lowest BCUT2D eigenvalue weighted by molar-refractivity contribution is -0.145. The van der Waals surface area contributed by atoms with Crippen molar-refractivity contribution in [3.05, 3.63) is 34.9 Å². The molecule has 0 amide bonds. The van der Waals surface area contributed by atoms with Crippen molar-refractivity contribution >= 4 is 5.97 Å². The molecule has 1 aromatic carbocycles. The first-order valence-electron chi connectivity index (χ1n) is 5.98. The van der Waals surface area contributed by atoms with E-state index in [2.05, 4.69) is 25.1 Å². The summed E-state index contributed by atoms with van der Waals surface area (Å²) in [5.74, 6) is 1.13. The Morgan fingerprint density at radius 1 is 1.50 bits per heavy atom. The van der Waals surface area contributed by atoms with Gasteiger partial charge in [-0.2, -0.15) is 0 Å². The van der Waals surface area contributed by atoms with Gasteiger partial charge in [0.25, 0.3) is 0 Å². The van der Waals surface area contributed by atoms with Crippen LogP contribution >= 0.6 is 0 Å². The van der Waals surface area contributed by atoms with Gasteiger partial charge in [0, 0.05) is 5.92 Å². The average Bonchev–Trinajstić information content (AvgIpc) is 2.85. The number of ether oxygens (including phenoxy) is 1. The lowest BCUT2D eigenvalue weighted by Crippen LogP contribution is -2.10. The van der Waals surface area contributed by atoms with E-state index in [1.54, 1.807) is 0 Å². The van der Waals surface area contributed by atoms with E-state index in [0.717, 1.165) is 6.42 Å². The summed E-state index contributed by atoms with van der Waals surface area (Å²) in [5.41, 5.74) is 4.11. The zero-order chi connectivity index (χ0) is 11.3. The molecule has 16 heavy (non-hydrogen) atoms. The number of carbonyl (C=O) groups excluding carboxylic acids is 1. The summed E-state index contributed by atoms with van der Waals surface area (Å²) in [6.07, 6.45) is 1.06. The highest BCUT2D eigenvalue weighted by molar-refractivity contribution is 5.79. The van der Waals surface area contributed by atoms with Crippen LogP contribution in [0.1, 0.15) is 29.5 Å². The molecule has 3 rings (SSSR count). The van der Waals surface area contributed by atoms with E-state index < -0.39 is 0 Å². The minimum Gasteiger partial charge on any atom is -0.466 e. The normalized spacial score (nSPS) is 29.5. The number of esters is 1. The zero-order valence-electron chi connectivity index (χ0n) is 9.69. The number of fused-ring (bicyclic) bond motifs is 3. The van der Waals surface area contributed by atoms with Gasteiger partial charge in [-0.3, -0.25) is 4.79 Å². The minimum atomic E-state index is 0.00431. The molecule has 2 aliphatic rings. The molecule has 1 saturated carbocycles. The summed E-state index contributed by atoms with van der Waals surface area (Å²) in [6.45, 7) is 4.47. The van der Waals surface area contributed by atoms with Gasteiger partial charge in [0.1, 0.15) is 0 Å². The van der Waals surface area contributed by atoms with Gasteiger partial charge in [-0.05, 0) is 37.3 Å². The SMILES string of the molecule is CCOC(=O)C1C2Cc3ccc(C)cc3C21. The van der Waals surface area contributed by atoms with Crippen molar-refractivity contribution in [2.45, 2.75) is 26.2 Å². The monoisotopic (exact) mass is 216 g/mol. The molecule has 2 aliphatic carbocycles. The molecule has 3 unspecified atom stereocenters. The number of hydrogen-bond acceptors (Lipinski definition) is 2. The topological polar surface area (TPSA) is 26.3 Å². The second kappa shape index (κ2) is 3.34. The molecule has 0 heterocycles. The number of carbonyl (C=O) groups is 1. The summed E-state index contributed by atoms with van der Waals surface area (Å²) < 4.78 is 5.11. The summed E-state index contributed by atoms with van der Waals surface area (Å²) in [7, 11) is 0. The predicted octanol–water partition coefficient (Wildman–Crippen LogP) is 2.44. The molecule has 2 nitrogen and oxygen atoms in total. The van der Waals surface area contributed by atoms with Crippen LogP contribution in [0.5, 0.6) is 0 Å². The fraction of sp³-hybridized carbons (Fsp3) is 0.500. The molecule has 1 aromatic rings. The van der Waals surface area contributed by atoms with Crippen LogP contribution in [0.2, 0.25) is 0 Å². The maximum absolute atomic E-state index is 11.7. The fourth-order valence-corrected chi connectivity index (χ4v) is 3.08. The highest BCUT2D eigenvalue weighted by Gasteiger charge is 2.60. The van der Waals surface area contributed by atoms with Gasteiger partial charge in [0.2, 0.25) is 0 Å². The Balaban J connectivity index is 1.84. The van der Waals surface area contributed by atoms with E-state index >= 15 is 0 Å². The second-order valence-electron chi connectivity index (χ2n) is 4.87. The first kappa shape index (κ1) is 9.88. The van der Waals surface area contributed by atoms with Gasteiger partial charge in [0.05, 0.1) is 12.5 Å². The van der Waals surface area contributed by atoms with Crippen LogP contribution in [0.4, 0.5) is 0 Å². The van der Waals surface area contributed by atoms with Crippen molar-refractivity contribution in [3.63, 3.8) is 0 Å². The minimum absolute atomic E-state index is 0.00431. The third-order valence-corrected chi connectivity index (χ3v) is 3.84. The summed E-state index contributed by atoms with van der Waals surface area (Å²) in [4.78, 5) is 11.7. The number of hydrogen-bond donors (Lipinski definition) is 0. The Labute approximate surface area is 95.6 Å². The molecule has 2 heteroatoms. The summed E-state index contributed by atoms with van der Waals surface area (Å²) >= 11 is 0. The Morgan fingerprint density at radius 2 is 2.31 bits per heavy atom. The van der Waals surface area contributed by atoms with Gasteiger partial charge in [0.15, 0.2) is 0 Å². The Morgan fingerprint density at radius 3 is 3.06 bits per heavy atom. The number of rotatable bonds is 2. The third-order valence-electron chi connectivity index (χ3n) is 3.84. The van der Waals surface area contributed by atoms with Crippen LogP contribution in [0, 0.1) is 18.8 Å².